The standard InChI is InChI=1S/C23H23N3O2/c27-22(25-15-17-8-10-23(17)9-4-12-28-23)19-13-21(16-5-3-11-24-14-16)26-20-7-2-1-6-18(19)20/h1-3,5-7,11,13-14,17H,4,8-10,12,15H2,(H,25,27). The molecule has 28 heavy (non-hydrogen) atoms. The SMILES string of the molecule is O=C(NCC1CCC12CCCO2)c1cc(-c2cccnc2)nc2ccccc12. The van der Waals surface area contributed by atoms with Gasteiger partial charge in [0.15, 0.2) is 0 Å². The number of nitrogens with zero attached hydrogens (tertiary/aromatic N) is 2. The first-order valence-electron chi connectivity index (χ1n) is 9.98. The Bertz CT molecular complexity index is 1010. The number of ether oxygens (including phenoxy) is 1. The zero-order valence-corrected chi connectivity index (χ0v) is 15.7. The van der Waals surface area contributed by atoms with Gasteiger partial charge in [0.2, 0.25) is 0 Å². The van der Waals surface area contributed by atoms with Crippen LogP contribution in [0.4, 0.5) is 0 Å². The summed E-state index contributed by atoms with van der Waals surface area (Å²) in [7, 11) is 0. The summed E-state index contributed by atoms with van der Waals surface area (Å²) in [5, 5.41) is 4.03. The fourth-order valence-electron chi connectivity index (χ4n) is 4.53. The third-order valence-corrected chi connectivity index (χ3v) is 6.22. The molecule has 1 amide bonds. The van der Waals surface area contributed by atoms with Gasteiger partial charge in [-0.05, 0) is 49.9 Å². The first kappa shape index (κ1) is 17.3. The van der Waals surface area contributed by atoms with Gasteiger partial charge in [0.05, 0.1) is 22.4 Å². The normalized spacial score (nSPS) is 23.6. The van der Waals surface area contributed by atoms with Gasteiger partial charge in [0, 0.05) is 42.4 Å². The third-order valence-electron chi connectivity index (χ3n) is 6.22. The highest BCUT2D eigenvalue weighted by Crippen LogP contribution is 2.47. The summed E-state index contributed by atoms with van der Waals surface area (Å²) in [6, 6.07) is 13.5. The largest absolute Gasteiger partial charge is 0.375 e. The van der Waals surface area contributed by atoms with Gasteiger partial charge in [-0.15, -0.1) is 0 Å². The van der Waals surface area contributed by atoms with E-state index in [1.165, 1.54) is 0 Å². The number of pyridine rings is 2. The molecule has 1 N–H and O–H groups in total. The van der Waals surface area contributed by atoms with Crippen LogP contribution in [0.2, 0.25) is 0 Å². The molecule has 0 bridgehead atoms. The third kappa shape index (κ3) is 2.96. The molecular formula is C23H23N3O2. The van der Waals surface area contributed by atoms with Crippen molar-refractivity contribution in [3.63, 3.8) is 0 Å². The van der Waals surface area contributed by atoms with Gasteiger partial charge in [-0.2, -0.15) is 0 Å². The average molecular weight is 373 g/mol. The molecule has 0 radical (unpaired) electrons. The van der Waals surface area contributed by atoms with Crippen LogP contribution in [0.25, 0.3) is 22.2 Å². The van der Waals surface area contributed by atoms with Crippen molar-refractivity contribution in [1.29, 1.82) is 0 Å². The number of aromatic nitrogens is 2. The van der Waals surface area contributed by atoms with E-state index in [1.54, 1.807) is 12.4 Å². The molecule has 1 spiro atoms. The number of hydrogen-bond donors (Lipinski definition) is 1. The Balaban J connectivity index is 1.43. The van der Waals surface area contributed by atoms with Crippen molar-refractivity contribution in [2.24, 2.45) is 5.92 Å². The second-order valence-electron chi connectivity index (χ2n) is 7.78. The minimum atomic E-state index is -0.0520. The Labute approximate surface area is 164 Å². The molecule has 1 aliphatic carbocycles. The van der Waals surface area contributed by atoms with E-state index in [0.29, 0.717) is 18.0 Å². The number of amides is 1. The van der Waals surface area contributed by atoms with E-state index in [2.05, 4.69) is 10.3 Å². The van der Waals surface area contributed by atoms with Crippen molar-refractivity contribution in [2.45, 2.75) is 31.3 Å². The van der Waals surface area contributed by atoms with E-state index >= 15 is 0 Å². The van der Waals surface area contributed by atoms with Gasteiger partial charge in [0.1, 0.15) is 0 Å². The second-order valence-corrected chi connectivity index (χ2v) is 7.78. The molecular weight excluding hydrogens is 350 g/mol. The Hall–Kier alpha value is -2.79. The van der Waals surface area contributed by atoms with Gasteiger partial charge < -0.3 is 10.1 Å². The Morgan fingerprint density at radius 2 is 2.14 bits per heavy atom. The summed E-state index contributed by atoms with van der Waals surface area (Å²) in [4.78, 5) is 22.0. The number of nitrogens with one attached hydrogen (secondary N) is 1. The number of para-hydroxylation sites is 1. The molecule has 142 valence electrons. The van der Waals surface area contributed by atoms with Gasteiger partial charge in [-0.3, -0.25) is 9.78 Å². The Morgan fingerprint density at radius 3 is 2.89 bits per heavy atom. The lowest BCUT2D eigenvalue weighted by molar-refractivity contribution is -0.107. The fraction of sp³-hybridized carbons (Fsp3) is 0.348. The molecule has 2 fully saturated rings. The molecule has 5 nitrogen and oxygen atoms in total. The molecule has 1 saturated heterocycles. The van der Waals surface area contributed by atoms with E-state index in [4.69, 9.17) is 9.72 Å². The lowest BCUT2D eigenvalue weighted by atomic mass is 9.68. The molecule has 5 rings (SSSR count). The number of carbonyl (C=O) groups excluding carboxylic acids is 1. The van der Waals surface area contributed by atoms with Crippen LogP contribution in [-0.2, 0) is 4.74 Å². The average Bonchev–Trinajstić information content (AvgIpc) is 3.25. The second kappa shape index (κ2) is 6.99. The summed E-state index contributed by atoms with van der Waals surface area (Å²) >= 11 is 0. The number of hydrogen-bond acceptors (Lipinski definition) is 4. The summed E-state index contributed by atoms with van der Waals surface area (Å²) in [5.74, 6) is 0.369. The number of carbonyl (C=O) groups is 1. The van der Waals surface area contributed by atoms with Gasteiger partial charge in [-0.25, -0.2) is 4.98 Å². The quantitative estimate of drug-likeness (QED) is 0.751. The summed E-state index contributed by atoms with van der Waals surface area (Å²) in [5.41, 5.74) is 3.16. The van der Waals surface area contributed by atoms with Crippen LogP contribution in [0.5, 0.6) is 0 Å². The molecule has 3 heterocycles. The zero-order valence-electron chi connectivity index (χ0n) is 15.7. The van der Waals surface area contributed by atoms with Crippen LogP contribution >= 0.6 is 0 Å². The van der Waals surface area contributed by atoms with Gasteiger partial charge in [0.25, 0.3) is 5.91 Å². The first-order chi connectivity index (χ1) is 13.8. The van der Waals surface area contributed by atoms with Crippen LogP contribution in [0.15, 0.2) is 54.9 Å². The maximum atomic E-state index is 13.1. The molecule has 3 aromatic rings. The lowest BCUT2D eigenvalue weighted by Crippen LogP contribution is -2.51. The summed E-state index contributed by atoms with van der Waals surface area (Å²) in [6.07, 6.45) is 8.01. The minimum Gasteiger partial charge on any atom is -0.375 e. The molecule has 2 aliphatic rings. The van der Waals surface area contributed by atoms with E-state index in [1.807, 2.05) is 42.5 Å². The summed E-state index contributed by atoms with van der Waals surface area (Å²) < 4.78 is 6.01. The van der Waals surface area contributed by atoms with E-state index < -0.39 is 0 Å². The Kier molecular flexibility index (Phi) is 4.32. The van der Waals surface area contributed by atoms with Crippen molar-refractivity contribution < 1.29 is 9.53 Å². The topological polar surface area (TPSA) is 64.1 Å². The molecule has 5 heteroatoms. The first-order valence-corrected chi connectivity index (χ1v) is 9.98. The van der Waals surface area contributed by atoms with Gasteiger partial charge in [-0.1, -0.05) is 18.2 Å². The molecule has 2 atom stereocenters. The molecule has 2 aromatic heterocycles. The maximum absolute atomic E-state index is 13.1. The molecule has 1 aromatic carbocycles. The minimum absolute atomic E-state index is 0.0223. The van der Waals surface area contributed by atoms with Crippen molar-refractivity contribution >= 4 is 16.8 Å². The fourth-order valence-corrected chi connectivity index (χ4v) is 4.53. The van der Waals surface area contributed by atoms with Crippen LogP contribution in [0.1, 0.15) is 36.0 Å². The molecule has 1 saturated carbocycles. The number of benzene rings is 1. The van der Waals surface area contributed by atoms with Crippen LogP contribution in [0.3, 0.4) is 0 Å². The van der Waals surface area contributed by atoms with Crippen molar-refractivity contribution in [3.8, 4) is 11.3 Å². The van der Waals surface area contributed by atoms with Crippen LogP contribution in [-0.4, -0.2) is 34.6 Å². The maximum Gasteiger partial charge on any atom is 0.252 e. The van der Waals surface area contributed by atoms with E-state index in [-0.39, 0.29) is 11.5 Å². The summed E-state index contributed by atoms with van der Waals surface area (Å²) in [6.45, 7) is 1.52. The smallest absolute Gasteiger partial charge is 0.252 e. The Morgan fingerprint density at radius 1 is 1.21 bits per heavy atom. The molecule has 1 aliphatic heterocycles. The van der Waals surface area contributed by atoms with Crippen molar-refractivity contribution in [3.05, 3.63) is 60.4 Å². The monoisotopic (exact) mass is 373 g/mol. The van der Waals surface area contributed by atoms with Crippen LogP contribution in [0, 0.1) is 5.92 Å². The van der Waals surface area contributed by atoms with E-state index in [0.717, 1.165) is 54.5 Å². The zero-order chi connectivity index (χ0) is 19.0. The highest BCUT2D eigenvalue weighted by molar-refractivity contribution is 6.07. The van der Waals surface area contributed by atoms with E-state index in [9.17, 15) is 4.79 Å². The number of fused-ring (bicyclic) bond motifs is 1. The van der Waals surface area contributed by atoms with Crippen molar-refractivity contribution in [1.82, 2.24) is 15.3 Å². The highest BCUT2D eigenvalue weighted by atomic mass is 16.5. The van der Waals surface area contributed by atoms with Crippen molar-refractivity contribution in [2.75, 3.05) is 13.2 Å². The number of rotatable bonds is 4. The predicted octanol–water partition coefficient (Wildman–Crippen LogP) is 3.99. The molecule has 2 unspecified atom stereocenters. The van der Waals surface area contributed by atoms with Gasteiger partial charge >= 0.3 is 0 Å². The van der Waals surface area contributed by atoms with Crippen LogP contribution < -0.4 is 5.32 Å². The predicted molar refractivity (Wildman–Crippen MR) is 108 cm³/mol. The lowest BCUT2D eigenvalue weighted by Gasteiger charge is -2.46. The highest BCUT2D eigenvalue weighted by Gasteiger charge is 2.49.